The van der Waals surface area contributed by atoms with Gasteiger partial charge in [-0.2, -0.15) is 0 Å². The van der Waals surface area contributed by atoms with E-state index in [4.69, 9.17) is 0 Å². The monoisotopic (exact) mass is 927 g/mol. The summed E-state index contributed by atoms with van der Waals surface area (Å²) >= 11 is 0. The van der Waals surface area contributed by atoms with E-state index in [1.807, 2.05) is 66.9 Å². The van der Waals surface area contributed by atoms with E-state index in [1.54, 1.807) is 6.20 Å². The molecule has 8 aromatic rings. The molecule has 1 radical (unpaired) electrons. The summed E-state index contributed by atoms with van der Waals surface area (Å²) in [6.45, 7) is 2.14. The van der Waals surface area contributed by atoms with Crippen molar-refractivity contribution in [1.82, 2.24) is 9.97 Å². The molecule has 2 bridgehead atoms. The van der Waals surface area contributed by atoms with E-state index in [0.29, 0.717) is 10.8 Å². The van der Waals surface area contributed by atoms with Gasteiger partial charge in [-0.15, -0.1) is 65.7 Å². The third-order valence-electron chi connectivity index (χ3n) is 12.6. The minimum Gasteiger partial charge on any atom is -0.305 e. The number of hydrogen-bond acceptors (Lipinski definition) is 2. The fraction of sp³-hybridized carbons (Fsp3) is 0.164. The van der Waals surface area contributed by atoms with Gasteiger partial charge in [-0.05, 0) is 113 Å². The first-order chi connectivity index (χ1) is 28.1. The van der Waals surface area contributed by atoms with Gasteiger partial charge in [-0.1, -0.05) is 138 Å². The first-order valence-electron chi connectivity index (χ1n) is 20.3. The molecule has 3 aliphatic rings. The minimum absolute atomic E-state index is 0. The van der Waals surface area contributed by atoms with Gasteiger partial charge in [0.05, 0.1) is 0 Å². The molecular weight excluding hydrogens is 881 g/mol. The summed E-state index contributed by atoms with van der Waals surface area (Å²) in [6, 6.07) is 69.4. The summed E-state index contributed by atoms with van der Waals surface area (Å²) in [5.41, 5.74) is 16.6. The average Bonchev–Trinajstić information content (AvgIpc) is 3.31. The van der Waals surface area contributed by atoms with Crippen LogP contribution >= 0.6 is 0 Å². The number of fused-ring (bicyclic) bond motifs is 3. The van der Waals surface area contributed by atoms with Crippen molar-refractivity contribution in [3.8, 4) is 55.9 Å². The molecular formula is C55H46IrN2-2. The molecule has 0 unspecified atom stereocenters. The first kappa shape index (κ1) is 39.1. The Balaban J connectivity index is 0.000000309. The van der Waals surface area contributed by atoms with E-state index in [2.05, 4.69) is 144 Å². The predicted molar refractivity (Wildman–Crippen MR) is 236 cm³/mol. The van der Waals surface area contributed by atoms with Crippen LogP contribution in [0.3, 0.4) is 0 Å². The number of benzene rings is 6. The largest absolute Gasteiger partial charge is 0.305 e. The molecule has 287 valence electrons. The molecule has 58 heavy (non-hydrogen) atoms. The maximum Gasteiger partial charge on any atom is 0.0160 e. The van der Waals surface area contributed by atoms with Crippen molar-refractivity contribution in [3.05, 3.63) is 217 Å². The van der Waals surface area contributed by atoms with Gasteiger partial charge in [-0.25, -0.2) is 0 Å². The van der Waals surface area contributed by atoms with E-state index in [0.717, 1.165) is 22.5 Å². The molecule has 6 aromatic carbocycles. The number of nitrogens with zero attached hydrogens (tertiary/aromatic N) is 2. The quantitative estimate of drug-likeness (QED) is 0.149. The topological polar surface area (TPSA) is 25.8 Å². The van der Waals surface area contributed by atoms with E-state index >= 15 is 0 Å². The first-order valence-corrected chi connectivity index (χ1v) is 20.3. The molecule has 2 aromatic heterocycles. The molecule has 11 rings (SSSR count). The van der Waals surface area contributed by atoms with Crippen molar-refractivity contribution in [2.24, 2.45) is 0 Å². The maximum absolute atomic E-state index is 4.46. The Morgan fingerprint density at radius 1 is 0.397 bits per heavy atom. The van der Waals surface area contributed by atoms with Gasteiger partial charge < -0.3 is 9.97 Å². The van der Waals surface area contributed by atoms with Crippen LogP contribution in [0.4, 0.5) is 0 Å². The van der Waals surface area contributed by atoms with Crippen LogP contribution < -0.4 is 0 Å². The van der Waals surface area contributed by atoms with Crippen LogP contribution in [0.15, 0.2) is 188 Å². The zero-order valence-corrected chi connectivity index (χ0v) is 35.3. The fourth-order valence-corrected chi connectivity index (χ4v) is 9.05. The van der Waals surface area contributed by atoms with Crippen LogP contribution in [0, 0.1) is 19.1 Å². The van der Waals surface area contributed by atoms with Crippen LogP contribution in [0.5, 0.6) is 0 Å². The second-order valence-electron chi connectivity index (χ2n) is 15.9. The van der Waals surface area contributed by atoms with Gasteiger partial charge in [0.2, 0.25) is 0 Å². The molecule has 3 heteroatoms. The molecule has 0 atom stereocenters. The fourth-order valence-electron chi connectivity index (χ4n) is 9.05. The summed E-state index contributed by atoms with van der Waals surface area (Å²) in [6.07, 6.45) is 11.3. The summed E-state index contributed by atoms with van der Waals surface area (Å²) in [4.78, 5) is 8.68. The predicted octanol–water partition coefficient (Wildman–Crippen LogP) is 13.9. The summed E-state index contributed by atoms with van der Waals surface area (Å²) < 4.78 is 0. The van der Waals surface area contributed by atoms with Crippen molar-refractivity contribution < 1.29 is 20.1 Å². The van der Waals surface area contributed by atoms with Crippen LogP contribution in [0.1, 0.15) is 55.2 Å². The normalized spacial score (nSPS) is 18.0. The number of rotatable bonds is 7. The number of aromatic nitrogens is 2. The van der Waals surface area contributed by atoms with Crippen molar-refractivity contribution in [3.63, 3.8) is 0 Å². The molecule has 0 aliphatic heterocycles. The van der Waals surface area contributed by atoms with Crippen molar-refractivity contribution in [1.29, 1.82) is 0 Å². The Hall–Kier alpha value is -5.73. The second-order valence-corrected chi connectivity index (χ2v) is 15.9. The molecule has 3 fully saturated rings. The van der Waals surface area contributed by atoms with Crippen molar-refractivity contribution >= 4 is 0 Å². The van der Waals surface area contributed by atoms with Gasteiger partial charge in [0.25, 0.3) is 0 Å². The molecule has 0 amide bonds. The third-order valence-corrected chi connectivity index (χ3v) is 12.6. The third kappa shape index (κ3) is 8.30. The van der Waals surface area contributed by atoms with E-state index in [1.165, 1.54) is 88.6 Å². The van der Waals surface area contributed by atoms with Crippen molar-refractivity contribution in [2.75, 3.05) is 0 Å². The molecule has 2 nitrogen and oxygen atoms in total. The van der Waals surface area contributed by atoms with Crippen LogP contribution in [-0.4, -0.2) is 9.97 Å². The van der Waals surface area contributed by atoms with Crippen LogP contribution in [0.2, 0.25) is 0 Å². The number of aryl methyl sites for hydroxylation is 1. The Kier molecular flexibility index (Phi) is 11.7. The smallest absolute Gasteiger partial charge is 0.0160 e. The van der Waals surface area contributed by atoms with Gasteiger partial charge in [0, 0.05) is 32.5 Å². The van der Waals surface area contributed by atoms with E-state index in [-0.39, 0.29) is 20.1 Å². The summed E-state index contributed by atoms with van der Waals surface area (Å²) in [5.74, 6) is 0. The Morgan fingerprint density at radius 3 is 1.19 bits per heavy atom. The number of hydrogen-bond donors (Lipinski definition) is 0. The van der Waals surface area contributed by atoms with Gasteiger partial charge in [0.1, 0.15) is 0 Å². The standard InChI is InChI=1S/C44H38N.C11H8N.Ir/c1-32-5-7-33(8-6-32)34-9-11-35(12-10-34)37-17-21-40(22-18-37)43-25-28-44(29-26-43,30-27-43)41-23-19-38(20-24-41)36-13-15-39(16-14-36)42-4-2-3-31-45-42;1-2-6-10(7-3-1)11-8-4-5-9-12-11;/h2-15,17-24,31H,25-30H2,1H3;1-6,8-9H;/q2*-1;. The molecule has 0 spiro atoms. The molecule has 3 aliphatic carbocycles. The van der Waals surface area contributed by atoms with Crippen molar-refractivity contribution in [2.45, 2.75) is 56.3 Å². The van der Waals surface area contributed by atoms with Gasteiger partial charge in [0.15, 0.2) is 0 Å². The molecule has 0 saturated heterocycles. The number of pyridine rings is 2. The second kappa shape index (κ2) is 17.4. The van der Waals surface area contributed by atoms with Crippen LogP contribution in [0.25, 0.3) is 55.9 Å². The van der Waals surface area contributed by atoms with Gasteiger partial charge in [-0.3, -0.25) is 0 Å². The maximum atomic E-state index is 4.46. The SMILES string of the molecule is Cc1ccc(-c2ccc(-c3ccc(C45CCC(c6ccc(-c7c[c-]c(-c8ccccn8)cc7)cc6)(CC4)CC5)cc3)cc2)cc1.[Ir].[c-]1ccccc1-c1ccccn1. The zero-order chi connectivity index (χ0) is 38.5. The zero-order valence-electron chi connectivity index (χ0n) is 32.9. The summed E-state index contributed by atoms with van der Waals surface area (Å²) in [5, 5.41) is 0. The molecule has 2 heterocycles. The Morgan fingerprint density at radius 2 is 0.793 bits per heavy atom. The Bertz CT molecular complexity index is 2450. The summed E-state index contributed by atoms with van der Waals surface area (Å²) in [7, 11) is 0. The Labute approximate surface area is 357 Å². The molecule has 0 N–H and O–H groups in total. The van der Waals surface area contributed by atoms with E-state index < -0.39 is 0 Å². The van der Waals surface area contributed by atoms with Crippen LogP contribution in [-0.2, 0) is 30.9 Å². The average molecular weight is 927 g/mol. The molecule has 3 saturated carbocycles. The van der Waals surface area contributed by atoms with E-state index in [9.17, 15) is 0 Å². The van der Waals surface area contributed by atoms with Gasteiger partial charge >= 0.3 is 0 Å². The minimum atomic E-state index is 0.